The number of alkyl halides is 2. The molecule has 3 rings (SSSR count). The van der Waals surface area contributed by atoms with Crippen LogP contribution in [0.4, 0.5) is 14.5 Å². The average Bonchev–Trinajstić information content (AvgIpc) is 3.05. The van der Waals surface area contributed by atoms with Gasteiger partial charge in [-0.1, -0.05) is 11.6 Å². The van der Waals surface area contributed by atoms with E-state index in [2.05, 4.69) is 15.4 Å². The Balaban J connectivity index is 2.16. The number of aryl methyl sites for hydroxylation is 3. The van der Waals surface area contributed by atoms with E-state index in [0.717, 1.165) is 11.3 Å². The van der Waals surface area contributed by atoms with Gasteiger partial charge in [0.2, 0.25) is 0 Å². The number of halogens is 3. The lowest BCUT2D eigenvalue weighted by molar-refractivity contribution is 0.100. The van der Waals surface area contributed by atoms with E-state index in [1.54, 1.807) is 20.9 Å². The second-order valence-electron chi connectivity index (χ2n) is 5.84. The Morgan fingerprint density at radius 3 is 2.56 bits per heavy atom. The molecule has 0 spiro atoms. The molecule has 7 nitrogen and oxygen atoms in total. The van der Waals surface area contributed by atoms with Gasteiger partial charge in [-0.05, 0) is 25.5 Å². The molecule has 3 N–H and O–H groups in total. The summed E-state index contributed by atoms with van der Waals surface area (Å²) in [7, 11) is 1.55. The molecule has 0 aliphatic heterocycles. The number of nitrogens with zero attached hydrogens (tertiary/aromatic N) is 3. The summed E-state index contributed by atoms with van der Waals surface area (Å²) in [6.45, 7) is 3.23. The van der Waals surface area contributed by atoms with Crippen molar-refractivity contribution in [2.75, 3.05) is 5.32 Å². The van der Waals surface area contributed by atoms with Crippen LogP contribution in [-0.4, -0.2) is 26.6 Å². The Kier molecular flexibility index (Phi) is 4.87. The Morgan fingerprint density at radius 1 is 1.37 bits per heavy atom. The van der Waals surface area contributed by atoms with E-state index in [-0.39, 0.29) is 26.1 Å². The number of nitrogens with one attached hydrogen (secondary N) is 1. The van der Waals surface area contributed by atoms with Gasteiger partial charge in [-0.15, -0.1) is 11.3 Å². The van der Waals surface area contributed by atoms with E-state index in [9.17, 15) is 18.4 Å². The lowest BCUT2D eigenvalue weighted by Crippen LogP contribution is -2.19. The number of fused-ring (bicyclic) bond motifs is 1. The van der Waals surface area contributed by atoms with Crippen LogP contribution in [0.2, 0.25) is 5.02 Å². The summed E-state index contributed by atoms with van der Waals surface area (Å²) in [6, 6.07) is 1.21. The SMILES string of the molecule is Cc1nn(C)c(C(=O)Nc2c(C(N)=O)sc3nc(C(F)F)cc(C)c23)c1Cl. The molecule has 0 radical (unpaired) electrons. The highest BCUT2D eigenvalue weighted by molar-refractivity contribution is 7.21. The minimum Gasteiger partial charge on any atom is -0.365 e. The Bertz CT molecular complexity index is 1090. The fraction of sp³-hybridized carbons (Fsp3) is 0.250. The van der Waals surface area contributed by atoms with Gasteiger partial charge < -0.3 is 11.1 Å². The molecule has 0 saturated heterocycles. The number of primary amides is 1. The maximum Gasteiger partial charge on any atom is 0.280 e. The van der Waals surface area contributed by atoms with Crippen molar-refractivity contribution in [3.05, 3.63) is 38.6 Å². The summed E-state index contributed by atoms with van der Waals surface area (Å²) in [5, 5.41) is 7.23. The van der Waals surface area contributed by atoms with Crippen molar-refractivity contribution in [2.24, 2.45) is 12.8 Å². The van der Waals surface area contributed by atoms with E-state index in [0.29, 0.717) is 16.6 Å². The predicted octanol–water partition coefficient (Wildman–Crippen LogP) is 3.59. The Morgan fingerprint density at radius 2 is 2.04 bits per heavy atom. The molecule has 3 heterocycles. The summed E-state index contributed by atoms with van der Waals surface area (Å²) in [5.41, 5.74) is 6.10. The number of thiophene rings is 1. The second-order valence-corrected chi connectivity index (χ2v) is 7.22. The number of anilines is 1. The summed E-state index contributed by atoms with van der Waals surface area (Å²) in [6.07, 6.45) is -2.76. The number of hydrogen-bond acceptors (Lipinski definition) is 5. The first kappa shape index (κ1) is 19.2. The minimum absolute atomic E-state index is 0.00961. The molecule has 11 heteroatoms. The van der Waals surface area contributed by atoms with E-state index in [1.165, 1.54) is 10.7 Å². The van der Waals surface area contributed by atoms with Crippen molar-refractivity contribution in [3.63, 3.8) is 0 Å². The Hall–Kier alpha value is -2.59. The molecular weight excluding hydrogens is 400 g/mol. The molecule has 2 amide bonds. The number of rotatable bonds is 4. The van der Waals surface area contributed by atoms with Crippen molar-refractivity contribution >= 4 is 50.7 Å². The van der Waals surface area contributed by atoms with Crippen LogP contribution in [0.1, 0.15) is 43.5 Å². The van der Waals surface area contributed by atoms with Gasteiger partial charge in [0.1, 0.15) is 21.1 Å². The molecule has 0 aromatic carbocycles. The maximum absolute atomic E-state index is 13.0. The summed E-state index contributed by atoms with van der Waals surface area (Å²) >= 11 is 6.97. The van der Waals surface area contributed by atoms with E-state index in [4.69, 9.17) is 17.3 Å². The fourth-order valence-corrected chi connectivity index (χ4v) is 4.07. The lowest BCUT2D eigenvalue weighted by atomic mass is 10.1. The average molecular weight is 414 g/mol. The van der Waals surface area contributed by atoms with Crippen molar-refractivity contribution < 1.29 is 18.4 Å². The van der Waals surface area contributed by atoms with Crippen LogP contribution >= 0.6 is 22.9 Å². The first-order valence-corrected chi connectivity index (χ1v) is 8.83. The van der Waals surface area contributed by atoms with Gasteiger partial charge in [-0.2, -0.15) is 5.10 Å². The number of carbonyl (C=O) groups is 2. The predicted molar refractivity (Wildman–Crippen MR) is 98.7 cm³/mol. The molecule has 0 aliphatic rings. The number of nitrogens with two attached hydrogens (primary N) is 1. The van der Waals surface area contributed by atoms with E-state index >= 15 is 0 Å². The molecule has 0 fully saturated rings. The third-order valence-corrected chi connectivity index (χ3v) is 5.48. The van der Waals surface area contributed by atoms with Crippen molar-refractivity contribution in [1.29, 1.82) is 0 Å². The summed E-state index contributed by atoms with van der Waals surface area (Å²) in [4.78, 5) is 28.6. The third kappa shape index (κ3) is 3.26. The largest absolute Gasteiger partial charge is 0.365 e. The normalized spacial score (nSPS) is 11.4. The number of amides is 2. The van der Waals surface area contributed by atoms with Gasteiger partial charge in [-0.25, -0.2) is 13.8 Å². The highest BCUT2D eigenvalue weighted by atomic mass is 35.5. The lowest BCUT2D eigenvalue weighted by Gasteiger charge is -2.09. The van der Waals surface area contributed by atoms with Gasteiger partial charge >= 0.3 is 0 Å². The number of carbonyl (C=O) groups excluding carboxylic acids is 2. The van der Waals surface area contributed by atoms with E-state index in [1.807, 2.05) is 0 Å². The first-order valence-electron chi connectivity index (χ1n) is 7.64. The zero-order chi connectivity index (χ0) is 20.0. The quantitative estimate of drug-likeness (QED) is 0.682. The first-order chi connectivity index (χ1) is 12.6. The Labute approximate surface area is 161 Å². The minimum atomic E-state index is -2.76. The van der Waals surface area contributed by atoms with Crippen LogP contribution in [0, 0.1) is 13.8 Å². The molecule has 0 saturated carbocycles. The zero-order valence-corrected chi connectivity index (χ0v) is 16.0. The summed E-state index contributed by atoms with van der Waals surface area (Å²) < 4.78 is 27.4. The molecule has 0 bridgehead atoms. The molecule has 27 heavy (non-hydrogen) atoms. The number of pyridine rings is 1. The molecule has 3 aromatic heterocycles. The number of aromatic nitrogens is 3. The van der Waals surface area contributed by atoms with Crippen molar-refractivity contribution in [3.8, 4) is 0 Å². The molecule has 0 unspecified atom stereocenters. The molecule has 0 aliphatic carbocycles. The smallest absolute Gasteiger partial charge is 0.280 e. The van der Waals surface area contributed by atoms with Gasteiger partial charge in [0.25, 0.3) is 18.2 Å². The van der Waals surface area contributed by atoms with Crippen LogP contribution in [0.3, 0.4) is 0 Å². The van der Waals surface area contributed by atoms with Crippen LogP contribution in [0.5, 0.6) is 0 Å². The maximum atomic E-state index is 13.0. The van der Waals surface area contributed by atoms with Gasteiger partial charge in [0, 0.05) is 12.4 Å². The highest BCUT2D eigenvalue weighted by Crippen LogP contribution is 2.38. The van der Waals surface area contributed by atoms with Gasteiger partial charge in [0.15, 0.2) is 0 Å². The standard InChI is InChI=1S/C16H14ClF2N5O2S/c1-5-4-7(13(18)19)21-16-8(5)10(12(27-16)14(20)25)22-15(26)11-9(17)6(2)23-24(11)3/h4,13H,1-3H3,(H2,20,25)(H,22,26). The van der Waals surface area contributed by atoms with Crippen LogP contribution in [0.15, 0.2) is 6.07 Å². The van der Waals surface area contributed by atoms with Crippen molar-refractivity contribution in [1.82, 2.24) is 14.8 Å². The van der Waals surface area contributed by atoms with Gasteiger partial charge in [0.05, 0.1) is 16.4 Å². The molecule has 142 valence electrons. The summed E-state index contributed by atoms with van der Waals surface area (Å²) in [5.74, 6) is -1.42. The molecule has 0 atom stereocenters. The zero-order valence-electron chi connectivity index (χ0n) is 14.4. The molecule has 3 aromatic rings. The fourth-order valence-electron chi connectivity index (χ4n) is 2.76. The van der Waals surface area contributed by atoms with Crippen LogP contribution in [0.25, 0.3) is 10.2 Å². The second kappa shape index (κ2) is 6.86. The van der Waals surface area contributed by atoms with Crippen LogP contribution in [-0.2, 0) is 7.05 Å². The third-order valence-electron chi connectivity index (χ3n) is 3.93. The monoisotopic (exact) mass is 413 g/mol. The van der Waals surface area contributed by atoms with Crippen molar-refractivity contribution in [2.45, 2.75) is 20.3 Å². The highest BCUT2D eigenvalue weighted by Gasteiger charge is 2.25. The van der Waals surface area contributed by atoms with E-state index < -0.39 is 23.9 Å². The molecular formula is C16H14ClF2N5O2S. The van der Waals surface area contributed by atoms with Gasteiger partial charge in [-0.3, -0.25) is 14.3 Å². The number of hydrogen-bond donors (Lipinski definition) is 2. The van der Waals surface area contributed by atoms with Crippen LogP contribution < -0.4 is 11.1 Å². The topological polar surface area (TPSA) is 103 Å².